The first-order valence-electron chi connectivity index (χ1n) is 7.81. The van der Waals surface area contributed by atoms with Crippen molar-refractivity contribution in [3.8, 4) is 0 Å². The van der Waals surface area contributed by atoms with E-state index in [4.69, 9.17) is 0 Å². The van der Waals surface area contributed by atoms with Gasteiger partial charge >= 0.3 is 0 Å². The average molecular weight is 317 g/mol. The lowest BCUT2D eigenvalue weighted by molar-refractivity contribution is -0.130. The molecule has 2 saturated heterocycles. The third-order valence-corrected chi connectivity index (χ3v) is 6.74. The molecule has 0 spiro atoms. The second-order valence-corrected chi connectivity index (χ2v) is 8.30. The highest BCUT2D eigenvalue weighted by atomic mass is 32.2. The quantitative estimate of drug-likeness (QED) is 0.777. The van der Waals surface area contributed by atoms with Gasteiger partial charge in [-0.05, 0) is 31.6 Å². The Morgan fingerprint density at radius 1 is 1.10 bits per heavy atom. The van der Waals surface area contributed by atoms with Gasteiger partial charge in [-0.15, -0.1) is 0 Å². The average Bonchev–Trinajstić information content (AvgIpc) is 2.46. The molecule has 1 atom stereocenters. The number of rotatable bonds is 3. The van der Waals surface area contributed by atoms with Crippen LogP contribution >= 0.6 is 0 Å². The van der Waals surface area contributed by atoms with E-state index in [2.05, 4.69) is 6.92 Å². The molecule has 0 saturated carbocycles. The third kappa shape index (κ3) is 3.76. The van der Waals surface area contributed by atoms with E-state index in [0.29, 0.717) is 32.1 Å². The molecule has 0 N–H and O–H groups in total. The first kappa shape index (κ1) is 16.7. The number of carbonyl (C=O) groups excluding carboxylic acids is 1. The molecule has 2 rings (SSSR count). The summed E-state index contributed by atoms with van der Waals surface area (Å²) in [7, 11) is -1.53. The van der Waals surface area contributed by atoms with Gasteiger partial charge in [0.05, 0.1) is 0 Å². The maximum Gasteiger partial charge on any atom is 0.281 e. The minimum Gasteiger partial charge on any atom is -0.343 e. The fourth-order valence-corrected chi connectivity index (χ4v) is 5.04. The maximum absolute atomic E-state index is 12.7. The summed E-state index contributed by atoms with van der Waals surface area (Å²) in [6, 6.07) is 0.161. The Bertz CT molecular complexity index is 472. The first-order valence-corrected chi connectivity index (χ1v) is 9.20. The second-order valence-electron chi connectivity index (χ2n) is 6.37. The SMILES string of the molecule is CC(=O)N(C)C1CCN(S(=O)(=O)N2CCC[C@@H](C)C2)CC1. The summed E-state index contributed by atoms with van der Waals surface area (Å²) < 4.78 is 28.6. The molecule has 21 heavy (non-hydrogen) atoms. The number of nitrogens with zero attached hydrogens (tertiary/aromatic N) is 3. The summed E-state index contributed by atoms with van der Waals surface area (Å²) in [6.07, 6.45) is 3.50. The van der Waals surface area contributed by atoms with E-state index in [1.807, 2.05) is 0 Å². The van der Waals surface area contributed by atoms with E-state index in [9.17, 15) is 13.2 Å². The van der Waals surface area contributed by atoms with Crippen LogP contribution in [0.2, 0.25) is 0 Å². The molecular weight excluding hydrogens is 290 g/mol. The topological polar surface area (TPSA) is 60.9 Å². The maximum atomic E-state index is 12.7. The van der Waals surface area contributed by atoms with E-state index >= 15 is 0 Å². The summed E-state index contributed by atoms with van der Waals surface area (Å²) in [4.78, 5) is 13.1. The van der Waals surface area contributed by atoms with Crippen LogP contribution in [0.5, 0.6) is 0 Å². The number of hydrogen-bond donors (Lipinski definition) is 0. The van der Waals surface area contributed by atoms with Crippen LogP contribution in [0, 0.1) is 5.92 Å². The lowest BCUT2D eigenvalue weighted by Crippen LogP contribution is -2.52. The fourth-order valence-electron chi connectivity index (χ4n) is 3.24. The van der Waals surface area contributed by atoms with Crippen molar-refractivity contribution in [3.63, 3.8) is 0 Å². The van der Waals surface area contributed by atoms with Gasteiger partial charge in [-0.3, -0.25) is 4.79 Å². The van der Waals surface area contributed by atoms with Crippen molar-refractivity contribution >= 4 is 16.1 Å². The fraction of sp³-hybridized carbons (Fsp3) is 0.929. The number of carbonyl (C=O) groups is 1. The first-order chi connectivity index (χ1) is 9.82. The molecule has 0 unspecified atom stereocenters. The predicted molar refractivity (Wildman–Crippen MR) is 81.9 cm³/mol. The molecular formula is C14H27N3O3S. The third-order valence-electron chi connectivity index (χ3n) is 4.74. The smallest absolute Gasteiger partial charge is 0.281 e. The minimum absolute atomic E-state index is 0.0427. The van der Waals surface area contributed by atoms with Crippen LogP contribution < -0.4 is 0 Å². The molecule has 0 aliphatic carbocycles. The van der Waals surface area contributed by atoms with Gasteiger partial charge in [0.2, 0.25) is 5.91 Å². The van der Waals surface area contributed by atoms with Crippen LogP contribution in [0.25, 0.3) is 0 Å². The molecule has 2 heterocycles. The Kier molecular flexibility index (Phi) is 5.27. The van der Waals surface area contributed by atoms with E-state index in [-0.39, 0.29) is 11.9 Å². The molecule has 6 nitrogen and oxygen atoms in total. The lowest BCUT2D eigenvalue weighted by atomic mass is 10.0. The van der Waals surface area contributed by atoms with Gasteiger partial charge in [0.15, 0.2) is 0 Å². The Labute approximate surface area is 128 Å². The van der Waals surface area contributed by atoms with Crippen molar-refractivity contribution in [2.24, 2.45) is 5.92 Å². The molecule has 0 aromatic heterocycles. The van der Waals surface area contributed by atoms with Crippen LogP contribution in [0.1, 0.15) is 39.5 Å². The Morgan fingerprint density at radius 2 is 1.71 bits per heavy atom. The zero-order chi connectivity index (χ0) is 15.6. The molecule has 122 valence electrons. The van der Waals surface area contributed by atoms with Crippen molar-refractivity contribution in [1.29, 1.82) is 0 Å². The molecule has 2 aliphatic heterocycles. The summed E-state index contributed by atoms with van der Waals surface area (Å²) in [5.74, 6) is 0.482. The van der Waals surface area contributed by atoms with Crippen molar-refractivity contribution < 1.29 is 13.2 Å². The molecule has 0 aromatic carbocycles. The number of hydrogen-bond acceptors (Lipinski definition) is 3. The highest BCUT2D eigenvalue weighted by Gasteiger charge is 2.35. The Hall–Kier alpha value is -0.660. The van der Waals surface area contributed by atoms with E-state index < -0.39 is 10.2 Å². The molecule has 2 aliphatic rings. The van der Waals surface area contributed by atoms with Crippen LogP contribution in [-0.4, -0.2) is 67.1 Å². The number of piperidine rings is 2. The Balaban J connectivity index is 1.96. The number of amides is 1. The van der Waals surface area contributed by atoms with Gasteiger partial charge in [0, 0.05) is 46.2 Å². The molecule has 0 radical (unpaired) electrons. The Morgan fingerprint density at radius 3 is 2.24 bits per heavy atom. The predicted octanol–water partition coefficient (Wildman–Crippen LogP) is 0.906. The summed E-state index contributed by atoms with van der Waals surface area (Å²) in [6.45, 7) is 5.95. The molecule has 2 fully saturated rings. The highest BCUT2D eigenvalue weighted by Crippen LogP contribution is 2.24. The van der Waals surface area contributed by atoms with Gasteiger partial charge in [-0.25, -0.2) is 0 Å². The standard InChI is InChI=1S/C14H27N3O3S/c1-12-5-4-8-17(11-12)21(19,20)16-9-6-14(7-10-16)15(3)13(2)18/h12,14H,4-11H2,1-3H3/t12-/m1/s1. The highest BCUT2D eigenvalue weighted by molar-refractivity contribution is 7.86. The minimum atomic E-state index is -3.32. The van der Waals surface area contributed by atoms with Crippen molar-refractivity contribution in [2.45, 2.75) is 45.6 Å². The molecule has 1 amide bonds. The summed E-state index contributed by atoms with van der Waals surface area (Å²) in [5, 5.41) is 0. The van der Waals surface area contributed by atoms with Gasteiger partial charge in [-0.1, -0.05) is 6.92 Å². The van der Waals surface area contributed by atoms with Gasteiger partial charge < -0.3 is 4.90 Å². The summed E-state index contributed by atoms with van der Waals surface area (Å²) >= 11 is 0. The van der Waals surface area contributed by atoms with Crippen LogP contribution in [0.3, 0.4) is 0 Å². The zero-order valence-electron chi connectivity index (χ0n) is 13.3. The van der Waals surface area contributed by atoms with Gasteiger partial charge in [0.1, 0.15) is 0 Å². The largest absolute Gasteiger partial charge is 0.343 e. The zero-order valence-corrected chi connectivity index (χ0v) is 14.1. The molecule has 0 aromatic rings. The van der Waals surface area contributed by atoms with E-state index in [1.54, 1.807) is 27.5 Å². The van der Waals surface area contributed by atoms with Crippen LogP contribution in [0.4, 0.5) is 0 Å². The van der Waals surface area contributed by atoms with Crippen LogP contribution in [-0.2, 0) is 15.0 Å². The normalized spacial score (nSPS) is 26.7. The summed E-state index contributed by atoms with van der Waals surface area (Å²) in [5.41, 5.74) is 0. The van der Waals surface area contributed by atoms with E-state index in [0.717, 1.165) is 25.7 Å². The second kappa shape index (κ2) is 6.62. The molecule has 7 heteroatoms. The van der Waals surface area contributed by atoms with Crippen molar-refractivity contribution in [1.82, 2.24) is 13.5 Å². The van der Waals surface area contributed by atoms with Gasteiger partial charge in [-0.2, -0.15) is 17.0 Å². The van der Waals surface area contributed by atoms with Crippen LogP contribution in [0.15, 0.2) is 0 Å². The van der Waals surface area contributed by atoms with Crippen molar-refractivity contribution in [3.05, 3.63) is 0 Å². The lowest BCUT2D eigenvalue weighted by Gasteiger charge is -2.39. The van der Waals surface area contributed by atoms with Gasteiger partial charge in [0.25, 0.3) is 10.2 Å². The monoisotopic (exact) mass is 317 g/mol. The molecule has 0 bridgehead atoms. The van der Waals surface area contributed by atoms with Crippen molar-refractivity contribution in [2.75, 3.05) is 33.2 Å². The van der Waals surface area contributed by atoms with E-state index in [1.165, 1.54) is 0 Å².